The lowest BCUT2D eigenvalue weighted by atomic mass is 10.1. The summed E-state index contributed by atoms with van der Waals surface area (Å²) in [7, 11) is -3.01. The molecule has 2 amide bonds. The van der Waals surface area contributed by atoms with Gasteiger partial charge in [-0.2, -0.15) is 0 Å². The lowest BCUT2D eigenvalue weighted by Gasteiger charge is -1.99. The quantitative estimate of drug-likeness (QED) is 0.753. The number of sulfone groups is 1. The summed E-state index contributed by atoms with van der Waals surface area (Å²) in [5, 5.41) is 9.85. The smallest absolute Gasteiger partial charge is 0.277 e. The molecule has 1 aromatic heterocycles. The van der Waals surface area contributed by atoms with Crippen LogP contribution in [-0.2, 0) is 19.4 Å². The van der Waals surface area contributed by atoms with Crippen molar-refractivity contribution in [3.8, 4) is 0 Å². The van der Waals surface area contributed by atoms with Gasteiger partial charge >= 0.3 is 0 Å². The SMILES string of the molecule is CC(=O)NC(=O)CSc1nnc([C@H]2CCS(=O)(=O)C2)o1. The summed E-state index contributed by atoms with van der Waals surface area (Å²) in [5.41, 5.74) is 0. The minimum atomic E-state index is -3.01. The fraction of sp³-hybridized carbons (Fsp3) is 0.600. The van der Waals surface area contributed by atoms with Crippen molar-refractivity contribution in [2.45, 2.75) is 24.5 Å². The molecule has 20 heavy (non-hydrogen) atoms. The van der Waals surface area contributed by atoms with E-state index < -0.39 is 21.7 Å². The van der Waals surface area contributed by atoms with Crippen molar-refractivity contribution in [2.24, 2.45) is 0 Å². The van der Waals surface area contributed by atoms with Crippen molar-refractivity contribution in [1.29, 1.82) is 0 Å². The van der Waals surface area contributed by atoms with Crippen molar-refractivity contribution in [3.05, 3.63) is 5.89 Å². The van der Waals surface area contributed by atoms with E-state index in [0.29, 0.717) is 6.42 Å². The molecule has 0 bridgehead atoms. The first-order chi connectivity index (χ1) is 9.35. The zero-order valence-electron chi connectivity index (χ0n) is 10.7. The molecule has 0 spiro atoms. The summed E-state index contributed by atoms with van der Waals surface area (Å²) >= 11 is 0.996. The third-order valence-electron chi connectivity index (χ3n) is 2.65. The van der Waals surface area contributed by atoms with Gasteiger partial charge in [0.25, 0.3) is 5.22 Å². The van der Waals surface area contributed by atoms with Crippen LogP contribution in [0.2, 0.25) is 0 Å². The van der Waals surface area contributed by atoms with Gasteiger partial charge in [-0.25, -0.2) is 8.42 Å². The van der Waals surface area contributed by atoms with E-state index >= 15 is 0 Å². The van der Waals surface area contributed by atoms with Gasteiger partial charge in [-0.05, 0) is 6.42 Å². The molecule has 1 atom stereocenters. The molecular weight excluding hydrogens is 306 g/mol. The van der Waals surface area contributed by atoms with E-state index in [9.17, 15) is 18.0 Å². The number of thioether (sulfide) groups is 1. The van der Waals surface area contributed by atoms with Gasteiger partial charge in [-0.3, -0.25) is 14.9 Å². The number of nitrogens with zero attached hydrogens (tertiary/aromatic N) is 2. The Kier molecular flexibility index (Phi) is 4.43. The van der Waals surface area contributed by atoms with Crippen LogP contribution in [0, 0.1) is 0 Å². The van der Waals surface area contributed by atoms with Crippen LogP contribution in [0.1, 0.15) is 25.2 Å². The molecule has 1 aliphatic rings. The lowest BCUT2D eigenvalue weighted by molar-refractivity contribution is -0.127. The largest absolute Gasteiger partial charge is 0.416 e. The molecule has 0 aromatic carbocycles. The Morgan fingerprint density at radius 1 is 1.45 bits per heavy atom. The highest BCUT2D eigenvalue weighted by molar-refractivity contribution is 7.99. The Hall–Kier alpha value is -1.42. The normalized spacial score (nSPS) is 20.8. The van der Waals surface area contributed by atoms with Gasteiger partial charge in [-0.15, -0.1) is 10.2 Å². The molecule has 0 radical (unpaired) electrons. The Bertz CT molecular complexity index is 625. The van der Waals surface area contributed by atoms with Crippen molar-refractivity contribution in [1.82, 2.24) is 15.5 Å². The summed E-state index contributed by atoms with van der Waals surface area (Å²) < 4.78 is 28.0. The average molecular weight is 319 g/mol. The second-order valence-corrected chi connectivity index (χ2v) is 7.55. The Morgan fingerprint density at radius 2 is 2.20 bits per heavy atom. The van der Waals surface area contributed by atoms with E-state index in [-0.39, 0.29) is 34.3 Å². The molecule has 110 valence electrons. The van der Waals surface area contributed by atoms with Crippen molar-refractivity contribution >= 4 is 33.4 Å². The van der Waals surface area contributed by atoms with Gasteiger partial charge in [0, 0.05) is 6.92 Å². The van der Waals surface area contributed by atoms with Crippen LogP contribution in [0.4, 0.5) is 0 Å². The molecule has 1 aromatic rings. The van der Waals surface area contributed by atoms with Gasteiger partial charge in [-0.1, -0.05) is 11.8 Å². The molecule has 2 rings (SSSR count). The van der Waals surface area contributed by atoms with E-state index in [0.717, 1.165) is 11.8 Å². The highest BCUT2D eigenvalue weighted by Crippen LogP contribution is 2.29. The molecule has 1 N–H and O–H groups in total. The van der Waals surface area contributed by atoms with Gasteiger partial charge < -0.3 is 4.42 Å². The second kappa shape index (κ2) is 5.92. The topological polar surface area (TPSA) is 119 Å². The number of aromatic nitrogens is 2. The lowest BCUT2D eigenvalue weighted by Crippen LogP contribution is -2.29. The summed E-state index contributed by atoms with van der Waals surface area (Å²) in [6.45, 7) is 1.24. The average Bonchev–Trinajstić information content (AvgIpc) is 2.92. The van der Waals surface area contributed by atoms with Crippen LogP contribution in [0.5, 0.6) is 0 Å². The number of hydrogen-bond donors (Lipinski definition) is 1. The highest BCUT2D eigenvalue weighted by atomic mass is 32.2. The zero-order chi connectivity index (χ0) is 14.8. The minimum absolute atomic E-state index is 0.0180. The van der Waals surface area contributed by atoms with Crippen molar-refractivity contribution in [2.75, 3.05) is 17.3 Å². The summed E-state index contributed by atoms with van der Waals surface area (Å²) in [4.78, 5) is 21.9. The number of amides is 2. The van der Waals surface area contributed by atoms with E-state index in [2.05, 4.69) is 15.5 Å². The van der Waals surface area contributed by atoms with Crippen LogP contribution in [-0.4, -0.2) is 47.7 Å². The summed E-state index contributed by atoms with van der Waals surface area (Å²) in [6.07, 6.45) is 0.472. The third-order valence-corrected chi connectivity index (χ3v) is 5.23. The first kappa shape index (κ1) is 15.0. The fourth-order valence-corrected chi connectivity index (χ4v) is 4.10. The number of rotatable bonds is 4. The molecule has 2 heterocycles. The van der Waals surface area contributed by atoms with Gasteiger partial charge in [0.05, 0.1) is 23.2 Å². The minimum Gasteiger partial charge on any atom is -0.416 e. The van der Waals surface area contributed by atoms with Crippen LogP contribution in [0.15, 0.2) is 9.64 Å². The van der Waals surface area contributed by atoms with Crippen LogP contribution >= 0.6 is 11.8 Å². The predicted molar refractivity (Wildman–Crippen MR) is 69.9 cm³/mol. The summed E-state index contributed by atoms with van der Waals surface area (Å²) in [6, 6.07) is 0. The number of carbonyl (C=O) groups excluding carboxylic acids is 2. The number of hydrogen-bond acceptors (Lipinski definition) is 8. The molecule has 1 aliphatic heterocycles. The van der Waals surface area contributed by atoms with Gasteiger partial charge in [0.15, 0.2) is 9.84 Å². The van der Waals surface area contributed by atoms with E-state index in [1.54, 1.807) is 0 Å². The van der Waals surface area contributed by atoms with Crippen LogP contribution in [0.3, 0.4) is 0 Å². The molecule has 1 fully saturated rings. The number of imide groups is 1. The molecule has 1 saturated heterocycles. The third kappa shape index (κ3) is 4.04. The standard InChI is InChI=1S/C10H13N3O5S2/c1-6(14)11-8(15)4-19-10-13-12-9(18-10)7-2-3-20(16,17)5-7/h7H,2-5H2,1H3,(H,11,14,15)/t7-/m0/s1. The Labute approximate surface area is 119 Å². The molecule has 10 heteroatoms. The first-order valence-electron chi connectivity index (χ1n) is 5.83. The van der Waals surface area contributed by atoms with Crippen molar-refractivity contribution < 1.29 is 22.4 Å². The van der Waals surface area contributed by atoms with Crippen LogP contribution in [0.25, 0.3) is 0 Å². The van der Waals surface area contributed by atoms with Gasteiger partial charge in [0.2, 0.25) is 17.7 Å². The Balaban J connectivity index is 1.90. The van der Waals surface area contributed by atoms with Gasteiger partial charge in [0.1, 0.15) is 0 Å². The fourth-order valence-electron chi connectivity index (χ4n) is 1.79. The molecular formula is C10H13N3O5S2. The van der Waals surface area contributed by atoms with Crippen LogP contribution < -0.4 is 5.32 Å². The first-order valence-corrected chi connectivity index (χ1v) is 8.63. The highest BCUT2D eigenvalue weighted by Gasteiger charge is 2.32. The number of carbonyl (C=O) groups is 2. The maximum Gasteiger partial charge on any atom is 0.277 e. The molecule has 0 unspecified atom stereocenters. The van der Waals surface area contributed by atoms with E-state index in [4.69, 9.17) is 4.42 Å². The predicted octanol–water partition coefficient (Wildman–Crippen LogP) is -0.274. The van der Waals surface area contributed by atoms with Crippen molar-refractivity contribution in [3.63, 3.8) is 0 Å². The maximum atomic E-state index is 11.4. The maximum absolute atomic E-state index is 11.4. The molecule has 0 saturated carbocycles. The molecule has 8 nitrogen and oxygen atoms in total. The van der Waals surface area contributed by atoms with E-state index in [1.807, 2.05) is 0 Å². The monoisotopic (exact) mass is 319 g/mol. The second-order valence-electron chi connectivity index (χ2n) is 4.40. The van der Waals surface area contributed by atoms with E-state index in [1.165, 1.54) is 6.92 Å². The molecule has 0 aliphatic carbocycles. The summed E-state index contributed by atoms with van der Waals surface area (Å²) in [5.74, 6) is -0.755. The number of nitrogens with one attached hydrogen (secondary N) is 1. The Morgan fingerprint density at radius 3 is 2.80 bits per heavy atom. The zero-order valence-corrected chi connectivity index (χ0v) is 12.3.